The van der Waals surface area contributed by atoms with Crippen LogP contribution in [0.3, 0.4) is 0 Å². The molecule has 0 saturated carbocycles. The van der Waals surface area contributed by atoms with Gasteiger partial charge in [0.15, 0.2) is 6.10 Å². The molecule has 19 heavy (non-hydrogen) atoms. The lowest BCUT2D eigenvalue weighted by Gasteiger charge is -2.11. The Kier molecular flexibility index (Phi) is 4.15. The summed E-state index contributed by atoms with van der Waals surface area (Å²) in [5.41, 5.74) is 0.431. The normalized spacial score (nSPS) is 11.7. The van der Waals surface area contributed by atoms with Crippen LogP contribution in [-0.2, 0) is 9.53 Å². The molecule has 0 aliphatic rings. The molecule has 4 heteroatoms. The fourth-order valence-electron chi connectivity index (χ4n) is 1.62. The number of ether oxygens (including phenoxy) is 2. The van der Waals surface area contributed by atoms with Gasteiger partial charge in [-0.3, -0.25) is 0 Å². The number of carbonyl (C=O) groups excluding carboxylic acids is 1. The van der Waals surface area contributed by atoms with Crippen molar-refractivity contribution < 1.29 is 19.4 Å². The molecule has 0 radical (unpaired) electrons. The molecule has 0 bridgehead atoms. The fourth-order valence-corrected chi connectivity index (χ4v) is 1.62. The largest absolute Gasteiger partial charge is 0.467 e. The number of hydrogen-bond donors (Lipinski definition) is 1. The van der Waals surface area contributed by atoms with Gasteiger partial charge in [-0.1, -0.05) is 30.3 Å². The highest BCUT2D eigenvalue weighted by Gasteiger charge is 2.18. The van der Waals surface area contributed by atoms with Gasteiger partial charge < -0.3 is 14.6 Å². The number of carbonyl (C=O) groups is 1. The summed E-state index contributed by atoms with van der Waals surface area (Å²) in [6.07, 6.45) is -1.30. The van der Waals surface area contributed by atoms with Crippen molar-refractivity contribution in [3.63, 3.8) is 0 Å². The number of methoxy groups -OCH3 is 1. The van der Waals surface area contributed by atoms with Crippen LogP contribution in [-0.4, -0.2) is 18.2 Å². The molecule has 0 spiro atoms. The van der Waals surface area contributed by atoms with Crippen LogP contribution in [0.4, 0.5) is 0 Å². The summed E-state index contributed by atoms with van der Waals surface area (Å²) in [6.45, 7) is 0. The van der Waals surface area contributed by atoms with Crippen LogP contribution in [0.25, 0.3) is 0 Å². The summed E-state index contributed by atoms with van der Waals surface area (Å²) in [5.74, 6) is 0.538. The topological polar surface area (TPSA) is 55.8 Å². The van der Waals surface area contributed by atoms with E-state index in [-0.39, 0.29) is 0 Å². The zero-order chi connectivity index (χ0) is 13.7. The maximum absolute atomic E-state index is 11.3. The van der Waals surface area contributed by atoms with Crippen molar-refractivity contribution in [1.29, 1.82) is 0 Å². The predicted molar refractivity (Wildman–Crippen MR) is 69.9 cm³/mol. The second-order valence-electron chi connectivity index (χ2n) is 3.91. The van der Waals surface area contributed by atoms with Gasteiger partial charge in [-0.25, -0.2) is 4.79 Å². The van der Waals surface area contributed by atoms with Crippen molar-refractivity contribution in [3.8, 4) is 11.5 Å². The molecule has 0 aliphatic carbocycles. The van der Waals surface area contributed by atoms with Crippen molar-refractivity contribution in [2.24, 2.45) is 0 Å². The van der Waals surface area contributed by atoms with Gasteiger partial charge in [0.2, 0.25) is 0 Å². The molecule has 0 aliphatic heterocycles. The fraction of sp³-hybridized carbons (Fsp3) is 0.133. The Hall–Kier alpha value is -2.33. The Morgan fingerprint density at radius 2 is 1.74 bits per heavy atom. The van der Waals surface area contributed by atoms with Gasteiger partial charge >= 0.3 is 5.97 Å². The van der Waals surface area contributed by atoms with Crippen LogP contribution >= 0.6 is 0 Å². The zero-order valence-corrected chi connectivity index (χ0v) is 10.4. The second kappa shape index (κ2) is 6.02. The van der Waals surface area contributed by atoms with E-state index in [1.165, 1.54) is 7.11 Å². The molecular weight excluding hydrogens is 244 g/mol. The molecule has 4 nitrogen and oxygen atoms in total. The van der Waals surface area contributed by atoms with Crippen molar-refractivity contribution >= 4 is 5.97 Å². The van der Waals surface area contributed by atoms with Gasteiger partial charge in [0.05, 0.1) is 7.11 Å². The number of aliphatic hydroxyl groups excluding tert-OH is 1. The van der Waals surface area contributed by atoms with E-state index in [9.17, 15) is 9.90 Å². The van der Waals surface area contributed by atoms with E-state index in [0.717, 1.165) is 0 Å². The number of benzene rings is 2. The second-order valence-corrected chi connectivity index (χ2v) is 3.91. The third-order valence-corrected chi connectivity index (χ3v) is 2.58. The minimum atomic E-state index is -1.30. The number of rotatable bonds is 4. The van der Waals surface area contributed by atoms with E-state index in [1.54, 1.807) is 24.3 Å². The predicted octanol–water partition coefficient (Wildman–Crippen LogP) is 2.69. The van der Waals surface area contributed by atoms with Gasteiger partial charge in [0.25, 0.3) is 0 Å². The van der Waals surface area contributed by atoms with E-state index in [1.807, 2.05) is 30.3 Å². The summed E-state index contributed by atoms with van der Waals surface area (Å²) in [6, 6.07) is 16.0. The van der Waals surface area contributed by atoms with Crippen LogP contribution < -0.4 is 4.74 Å². The van der Waals surface area contributed by atoms with E-state index in [0.29, 0.717) is 17.1 Å². The summed E-state index contributed by atoms with van der Waals surface area (Å²) in [7, 11) is 1.23. The lowest BCUT2D eigenvalue weighted by molar-refractivity contribution is -0.150. The molecule has 98 valence electrons. The lowest BCUT2D eigenvalue weighted by atomic mass is 10.1. The Labute approximate surface area is 111 Å². The molecular formula is C15H14O4. The minimum Gasteiger partial charge on any atom is -0.467 e. The Morgan fingerprint density at radius 1 is 1.05 bits per heavy atom. The van der Waals surface area contributed by atoms with Gasteiger partial charge in [0.1, 0.15) is 11.5 Å². The van der Waals surface area contributed by atoms with E-state index in [4.69, 9.17) is 4.74 Å². The molecule has 0 heterocycles. The monoisotopic (exact) mass is 258 g/mol. The molecule has 0 fully saturated rings. The summed E-state index contributed by atoms with van der Waals surface area (Å²) in [4.78, 5) is 11.3. The van der Waals surface area contributed by atoms with Crippen molar-refractivity contribution in [1.82, 2.24) is 0 Å². The van der Waals surface area contributed by atoms with Crippen molar-refractivity contribution in [3.05, 3.63) is 60.2 Å². The van der Waals surface area contributed by atoms with Gasteiger partial charge in [-0.05, 0) is 29.8 Å². The van der Waals surface area contributed by atoms with E-state index in [2.05, 4.69) is 4.74 Å². The number of hydrogen-bond acceptors (Lipinski definition) is 4. The Balaban J connectivity index is 2.18. The summed E-state index contributed by atoms with van der Waals surface area (Å²) in [5, 5.41) is 9.75. The summed E-state index contributed by atoms with van der Waals surface area (Å²) >= 11 is 0. The van der Waals surface area contributed by atoms with Crippen molar-refractivity contribution in [2.75, 3.05) is 7.11 Å². The molecule has 2 aromatic rings. The lowest BCUT2D eigenvalue weighted by Crippen LogP contribution is -2.13. The van der Waals surface area contributed by atoms with Gasteiger partial charge in [0, 0.05) is 0 Å². The van der Waals surface area contributed by atoms with E-state index < -0.39 is 12.1 Å². The Morgan fingerprint density at radius 3 is 2.42 bits per heavy atom. The highest BCUT2D eigenvalue weighted by atomic mass is 16.5. The van der Waals surface area contributed by atoms with Crippen molar-refractivity contribution in [2.45, 2.75) is 6.10 Å². The zero-order valence-electron chi connectivity index (χ0n) is 10.4. The number of esters is 1. The van der Waals surface area contributed by atoms with Gasteiger partial charge in [-0.2, -0.15) is 0 Å². The van der Waals surface area contributed by atoms with Gasteiger partial charge in [-0.15, -0.1) is 0 Å². The van der Waals surface area contributed by atoms with Crippen LogP contribution in [0, 0.1) is 0 Å². The van der Waals surface area contributed by atoms with E-state index >= 15 is 0 Å². The first-order chi connectivity index (χ1) is 9.20. The molecule has 1 atom stereocenters. The first kappa shape index (κ1) is 13.1. The first-order valence-electron chi connectivity index (χ1n) is 5.79. The standard InChI is InChI=1S/C15H14O4/c1-18-15(17)14(16)11-6-5-9-13(10-11)19-12-7-3-2-4-8-12/h2-10,14,16H,1H3/t14-/m1/s1. The molecule has 2 aromatic carbocycles. The maximum atomic E-state index is 11.3. The summed E-state index contributed by atoms with van der Waals surface area (Å²) < 4.78 is 10.1. The smallest absolute Gasteiger partial charge is 0.339 e. The number of aliphatic hydroxyl groups is 1. The SMILES string of the molecule is COC(=O)[C@H](O)c1cccc(Oc2ccccc2)c1. The maximum Gasteiger partial charge on any atom is 0.339 e. The quantitative estimate of drug-likeness (QED) is 0.857. The first-order valence-corrected chi connectivity index (χ1v) is 5.79. The molecule has 0 saturated heterocycles. The highest BCUT2D eigenvalue weighted by molar-refractivity contribution is 5.76. The average Bonchev–Trinajstić information content (AvgIpc) is 2.47. The molecule has 0 aromatic heterocycles. The number of para-hydroxylation sites is 1. The van der Waals surface area contributed by atoms with Crippen LogP contribution in [0.15, 0.2) is 54.6 Å². The van der Waals surface area contributed by atoms with Crippen LogP contribution in [0.2, 0.25) is 0 Å². The molecule has 1 N–H and O–H groups in total. The Bertz CT molecular complexity index is 551. The molecule has 2 rings (SSSR count). The molecule has 0 unspecified atom stereocenters. The molecule has 0 amide bonds. The minimum absolute atomic E-state index is 0.431. The third-order valence-electron chi connectivity index (χ3n) is 2.58. The third kappa shape index (κ3) is 3.33. The van der Waals surface area contributed by atoms with Crippen LogP contribution in [0.1, 0.15) is 11.7 Å². The highest BCUT2D eigenvalue weighted by Crippen LogP contribution is 2.24. The van der Waals surface area contributed by atoms with Crippen LogP contribution in [0.5, 0.6) is 11.5 Å². The average molecular weight is 258 g/mol.